The van der Waals surface area contributed by atoms with Gasteiger partial charge < -0.3 is 9.64 Å². The first-order valence-corrected chi connectivity index (χ1v) is 13.4. The number of methoxy groups -OCH3 is 1. The van der Waals surface area contributed by atoms with Gasteiger partial charge in [-0.3, -0.25) is 14.6 Å². The van der Waals surface area contributed by atoms with E-state index in [1.807, 2.05) is 24.3 Å². The summed E-state index contributed by atoms with van der Waals surface area (Å²) in [4.78, 5) is 33.3. The topological polar surface area (TPSA) is 53.1 Å². The highest BCUT2D eigenvalue weighted by atomic mass is 16.5. The predicted octanol–water partition coefficient (Wildman–Crippen LogP) is 5.44. The average molecular weight is 508 g/mol. The first-order chi connectivity index (χ1) is 18.6. The third-order valence-corrected chi connectivity index (χ3v) is 8.18. The van der Waals surface area contributed by atoms with Gasteiger partial charge in [0.05, 0.1) is 13.2 Å². The maximum Gasteiger partial charge on any atom is 0.328 e. The summed E-state index contributed by atoms with van der Waals surface area (Å²) in [6, 6.07) is 29.1. The van der Waals surface area contributed by atoms with Crippen molar-refractivity contribution in [2.24, 2.45) is 0 Å². The summed E-state index contributed by atoms with van der Waals surface area (Å²) in [5.74, 6) is -0.0726. The van der Waals surface area contributed by atoms with Crippen molar-refractivity contribution in [3.63, 3.8) is 0 Å². The molecule has 4 aromatic carbocycles. The molecule has 2 heterocycles. The van der Waals surface area contributed by atoms with Crippen LogP contribution in [-0.4, -0.2) is 65.5 Å². The Balaban J connectivity index is 1.24. The average Bonchev–Trinajstić information content (AvgIpc) is 3.13. The number of imide groups is 1. The van der Waals surface area contributed by atoms with Crippen LogP contribution in [0, 0.1) is 0 Å². The molecular formula is C32H33N3O3. The number of amides is 3. The number of ether oxygens (including phenoxy) is 1. The second-order valence-corrected chi connectivity index (χ2v) is 10.5. The van der Waals surface area contributed by atoms with Crippen LogP contribution < -0.4 is 0 Å². The number of rotatable bonds is 7. The molecule has 3 amide bonds. The lowest BCUT2D eigenvalue weighted by Gasteiger charge is -2.42. The number of hydrogen-bond acceptors (Lipinski definition) is 4. The number of carbonyl (C=O) groups is 2. The number of urea groups is 1. The van der Waals surface area contributed by atoms with E-state index in [-0.39, 0.29) is 18.5 Å². The normalized spacial score (nSPS) is 17.8. The maximum absolute atomic E-state index is 14.0. The molecule has 0 saturated carbocycles. The zero-order chi connectivity index (χ0) is 26.1. The van der Waals surface area contributed by atoms with E-state index in [4.69, 9.17) is 4.74 Å². The Labute approximate surface area is 223 Å². The monoisotopic (exact) mass is 507 g/mol. The summed E-state index contributed by atoms with van der Waals surface area (Å²) in [6.07, 6.45) is 1.27. The number of benzene rings is 4. The van der Waals surface area contributed by atoms with Gasteiger partial charge in [-0.1, -0.05) is 66.7 Å². The minimum absolute atomic E-state index is 0.0726. The standard InChI is InChI=1S/C32H33N3O3/c1-38-18-17-35-31(37)34(23-25-11-12-28-20-26-9-5-6-10-27(26)21-29(28)19-25)30(36)32(35)13-15-33(16-14-32)22-24-7-3-2-4-8-24/h2-12,19-21H,13-18,22-23H2,1H3. The molecule has 38 heavy (non-hydrogen) atoms. The lowest BCUT2D eigenvalue weighted by Crippen LogP contribution is -2.57. The molecule has 0 N–H and O–H groups in total. The lowest BCUT2D eigenvalue weighted by molar-refractivity contribution is -0.136. The number of likely N-dealkylation sites (tertiary alicyclic amines) is 1. The van der Waals surface area contributed by atoms with Crippen LogP contribution in [0.1, 0.15) is 24.0 Å². The van der Waals surface area contributed by atoms with E-state index in [0.717, 1.165) is 36.0 Å². The van der Waals surface area contributed by atoms with Crippen LogP contribution in [-0.2, 0) is 22.6 Å². The highest BCUT2D eigenvalue weighted by Gasteiger charge is 2.57. The van der Waals surface area contributed by atoms with E-state index >= 15 is 0 Å². The molecule has 6 heteroatoms. The zero-order valence-electron chi connectivity index (χ0n) is 21.8. The Kier molecular flexibility index (Phi) is 6.60. The number of nitrogens with zero attached hydrogens (tertiary/aromatic N) is 3. The second-order valence-electron chi connectivity index (χ2n) is 10.5. The Hall–Kier alpha value is -3.74. The fourth-order valence-electron chi connectivity index (χ4n) is 6.09. The molecule has 2 fully saturated rings. The minimum atomic E-state index is -0.796. The molecule has 6 rings (SSSR count). The number of hydrogen-bond donors (Lipinski definition) is 0. The van der Waals surface area contributed by atoms with Crippen molar-refractivity contribution in [3.8, 4) is 0 Å². The van der Waals surface area contributed by atoms with Crippen LogP contribution in [0.3, 0.4) is 0 Å². The van der Waals surface area contributed by atoms with E-state index in [1.165, 1.54) is 21.2 Å². The van der Waals surface area contributed by atoms with E-state index in [2.05, 4.69) is 65.6 Å². The summed E-state index contributed by atoms with van der Waals surface area (Å²) in [6.45, 7) is 3.50. The Morgan fingerprint density at radius 3 is 2.11 bits per heavy atom. The summed E-state index contributed by atoms with van der Waals surface area (Å²) in [5.41, 5.74) is 1.43. The van der Waals surface area contributed by atoms with E-state index in [0.29, 0.717) is 26.0 Å². The lowest BCUT2D eigenvalue weighted by atomic mass is 9.85. The van der Waals surface area contributed by atoms with E-state index in [9.17, 15) is 9.59 Å². The maximum atomic E-state index is 14.0. The van der Waals surface area contributed by atoms with Gasteiger partial charge in [0.15, 0.2) is 0 Å². The fourth-order valence-corrected chi connectivity index (χ4v) is 6.09. The molecule has 2 aliphatic rings. The molecule has 2 aliphatic heterocycles. The van der Waals surface area contributed by atoms with Crippen molar-refractivity contribution in [2.75, 3.05) is 33.4 Å². The fraction of sp³-hybridized carbons (Fsp3) is 0.312. The van der Waals surface area contributed by atoms with Gasteiger partial charge in [-0.05, 0) is 63.7 Å². The van der Waals surface area contributed by atoms with Crippen LogP contribution in [0.25, 0.3) is 21.5 Å². The van der Waals surface area contributed by atoms with Crippen molar-refractivity contribution in [3.05, 3.63) is 96.1 Å². The van der Waals surface area contributed by atoms with E-state index < -0.39 is 5.54 Å². The first kappa shape index (κ1) is 24.6. The van der Waals surface area contributed by atoms with Gasteiger partial charge in [0.25, 0.3) is 5.91 Å². The third kappa shape index (κ3) is 4.44. The van der Waals surface area contributed by atoms with Crippen LogP contribution in [0.2, 0.25) is 0 Å². The second kappa shape index (κ2) is 10.2. The SMILES string of the molecule is COCCN1C(=O)N(Cc2ccc3cc4ccccc4cc3c2)C(=O)C12CCN(Cc1ccccc1)CC2. The quantitative estimate of drug-likeness (QED) is 0.247. The molecule has 0 aromatic heterocycles. The van der Waals surface area contributed by atoms with Crippen LogP contribution in [0.5, 0.6) is 0 Å². The molecule has 6 nitrogen and oxygen atoms in total. The summed E-state index contributed by atoms with van der Waals surface area (Å²) >= 11 is 0. The zero-order valence-corrected chi connectivity index (χ0v) is 21.8. The molecule has 1 spiro atoms. The molecule has 0 bridgehead atoms. The van der Waals surface area contributed by atoms with Gasteiger partial charge in [-0.25, -0.2) is 4.79 Å². The van der Waals surface area contributed by atoms with Gasteiger partial charge in [0, 0.05) is 33.3 Å². The predicted molar refractivity (Wildman–Crippen MR) is 150 cm³/mol. The molecule has 194 valence electrons. The highest BCUT2D eigenvalue weighted by molar-refractivity contribution is 6.07. The highest BCUT2D eigenvalue weighted by Crippen LogP contribution is 2.38. The minimum Gasteiger partial charge on any atom is -0.383 e. The Morgan fingerprint density at radius 2 is 1.39 bits per heavy atom. The molecule has 4 aromatic rings. The van der Waals surface area contributed by atoms with Gasteiger partial charge in [0.1, 0.15) is 5.54 Å². The van der Waals surface area contributed by atoms with Crippen LogP contribution in [0.4, 0.5) is 4.79 Å². The van der Waals surface area contributed by atoms with Gasteiger partial charge in [-0.2, -0.15) is 0 Å². The Bertz CT molecular complexity index is 1480. The first-order valence-electron chi connectivity index (χ1n) is 13.4. The van der Waals surface area contributed by atoms with Gasteiger partial charge in [0.2, 0.25) is 0 Å². The summed E-state index contributed by atoms with van der Waals surface area (Å²) < 4.78 is 5.32. The van der Waals surface area contributed by atoms with Crippen molar-refractivity contribution in [2.45, 2.75) is 31.5 Å². The number of carbonyl (C=O) groups excluding carboxylic acids is 2. The summed E-state index contributed by atoms with van der Waals surface area (Å²) in [7, 11) is 1.63. The van der Waals surface area contributed by atoms with Crippen molar-refractivity contribution in [1.29, 1.82) is 0 Å². The smallest absolute Gasteiger partial charge is 0.328 e. The molecule has 0 radical (unpaired) electrons. The number of fused-ring (bicyclic) bond motifs is 2. The van der Waals surface area contributed by atoms with Crippen molar-refractivity contribution in [1.82, 2.24) is 14.7 Å². The van der Waals surface area contributed by atoms with E-state index in [1.54, 1.807) is 12.0 Å². The third-order valence-electron chi connectivity index (χ3n) is 8.18. The van der Waals surface area contributed by atoms with Crippen LogP contribution >= 0.6 is 0 Å². The molecule has 0 unspecified atom stereocenters. The molecule has 0 aliphatic carbocycles. The summed E-state index contributed by atoms with van der Waals surface area (Å²) in [5, 5.41) is 4.64. The van der Waals surface area contributed by atoms with Crippen LogP contribution in [0.15, 0.2) is 84.9 Å². The molecule has 0 atom stereocenters. The Morgan fingerprint density at radius 1 is 0.737 bits per heavy atom. The van der Waals surface area contributed by atoms with Gasteiger partial charge in [-0.15, -0.1) is 0 Å². The molecule has 2 saturated heterocycles. The van der Waals surface area contributed by atoms with Gasteiger partial charge >= 0.3 is 6.03 Å². The largest absolute Gasteiger partial charge is 0.383 e. The molecular weight excluding hydrogens is 474 g/mol. The van der Waals surface area contributed by atoms with Crippen molar-refractivity contribution >= 4 is 33.5 Å². The van der Waals surface area contributed by atoms with Crippen molar-refractivity contribution < 1.29 is 14.3 Å². The number of piperidine rings is 1.